The lowest BCUT2D eigenvalue weighted by Crippen LogP contribution is -2.51. The lowest BCUT2D eigenvalue weighted by Gasteiger charge is -2.40. The normalized spacial score (nSPS) is 13.6. The van der Waals surface area contributed by atoms with Crippen LogP contribution >= 0.6 is 0 Å². The van der Waals surface area contributed by atoms with Gasteiger partial charge in [-0.25, -0.2) is 13.2 Å². The highest BCUT2D eigenvalue weighted by Crippen LogP contribution is 2.37. The molecule has 0 saturated heterocycles. The van der Waals surface area contributed by atoms with E-state index in [-0.39, 0.29) is 48.6 Å². The van der Waals surface area contributed by atoms with Crippen molar-refractivity contribution in [2.75, 3.05) is 26.9 Å². The van der Waals surface area contributed by atoms with Crippen molar-refractivity contribution in [1.82, 2.24) is 0 Å². The van der Waals surface area contributed by atoms with Crippen LogP contribution in [0.15, 0.2) is 60.0 Å². The molecule has 0 spiro atoms. The molecule has 38 heavy (non-hydrogen) atoms. The van der Waals surface area contributed by atoms with Crippen molar-refractivity contribution in [1.29, 1.82) is 0 Å². The molecule has 0 radical (unpaired) electrons. The number of sulfone groups is 1. The lowest BCUT2D eigenvalue weighted by atomic mass is 10.1. The summed E-state index contributed by atoms with van der Waals surface area (Å²) in [5.41, 5.74) is 0.552. The maximum atomic E-state index is 13.2. The number of hydrogen-bond acceptors (Lipinski definition) is 9. The van der Waals surface area contributed by atoms with Crippen molar-refractivity contribution in [3.05, 3.63) is 55.1 Å². The molecule has 2 unspecified atom stereocenters. The molecule has 0 aliphatic rings. The third-order valence-corrected chi connectivity index (χ3v) is 12.6. The second-order valence-corrected chi connectivity index (χ2v) is 15.8. The van der Waals surface area contributed by atoms with Gasteiger partial charge in [0, 0.05) is 0 Å². The Kier molecular flexibility index (Phi) is 14.0. The molecule has 0 aromatic heterocycles. The zero-order valence-electron chi connectivity index (χ0n) is 23.3. The molecule has 0 heterocycles. The van der Waals surface area contributed by atoms with Gasteiger partial charge in [0.05, 0.1) is 31.3 Å². The molecule has 1 aromatic carbocycles. The van der Waals surface area contributed by atoms with Crippen LogP contribution in [0.1, 0.15) is 47.5 Å². The first-order valence-electron chi connectivity index (χ1n) is 12.6. The van der Waals surface area contributed by atoms with E-state index in [0.29, 0.717) is 5.57 Å². The van der Waals surface area contributed by atoms with E-state index in [1.165, 1.54) is 19.2 Å². The largest absolute Gasteiger partial charge is 0.508 e. The highest BCUT2D eigenvalue weighted by Gasteiger charge is 2.47. The van der Waals surface area contributed by atoms with Crippen LogP contribution in [0.2, 0.25) is 11.1 Å². The fraction of sp³-hybridized carbons (Fsp3) is 0.556. The predicted molar refractivity (Wildman–Crippen MR) is 148 cm³/mol. The van der Waals surface area contributed by atoms with E-state index in [1.54, 1.807) is 31.2 Å². The van der Waals surface area contributed by atoms with Crippen molar-refractivity contribution in [2.45, 2.75) is 74.8 Å². The van der Waals surface area contributed by atoms with Gasteiger partial charge >= 0.3 is 20.7 Å². The molecule has 0 aliphatic heterocycles. The molecule has 214 valence electrons. The Hall–Kier alpha value is -2.47. The fourth-order valence-corrected chi connectivity index (χ4v) is 9.36. The van der Waals surface area contributed by atoms with Crippen molar-refractivity contribution >= 4 is 30.5 Å². The van der Waals surface area contributed by atoms with Crippen LogP contribution in [0.3, 0.4) is 0 Å². The maximum Gasteiger partial charge on any atom is 0.508 e. The zero-order valence-corrected chi connectivity index (χ0v) is 25.1. The Bertz CT molecular complexity index is 1010. The molecule has 0 amide bonds. The minimum absolute atomic E-state index is 0.00757. The molecule has 9 nitrogen and oxygen atoms in total. The lowest BCUT2D eigenvalue weighted by molar-refractivity contribution is -0.140. The first-order valence-corrected chi connectivity index (χ1v) is 16.1. The van der Waals surface area contributed by atoms with Gasteiger partial charge in [-0.3, -0.25) is 4.79 Å². The Morgan fingerprint density at radius 3 is 2.11 bits per heavy atom. The van der Waals surface area contributed by atoms with Crippen LogP contribution in [-0.4, -0.2) is 67.4 Å². The first-order chi connectivity index (χ1) is 17.8. The van der Waals surface area contributed by atoms with Crippen LogP contribution in [0, 0.1) is 0 Å². The van der Waals surface area contributed by atoms with E-state index in [1.807, 2.05) is 27.7 Å². The summed E-state index contributed by atoms with van der Waals surface area (Å²) in [7, 11) is -5.77. The van der Waals surface area contributed by atoms with Crippen LogP contribution < -0.4 is 0 Å². The summed E-state index contributed by atoms with van der Waals surface area (Å²) in [5, 5.41) is -1.39. The first kappa shape index (κ1) is 33.6. The Morgan fingerprint density at radius 1 is 1.00 bits per heavy atom. The third kappa shape index (κ3) is 9.37. The molecule has 0 fully saturated rings. The van der Waals surface area contributed by atoms with Gasteiger partial charge in [-0.05, 0) is 48.6 Å². The molecular weight excluding hydrogens is 528 g/mol. The third-order valence-electron chi connectivity index (χ3n) is 5.99. The molecule has 1 aromatic rings. The number of esters is 1. The van der Waals surface area contributed by atoms with Gasteiger partial charge in [-0.15, -0.1) is 6.58 Å². The number of methoxy groups -OCH3 is 1. The average molecular weight is 571 g/mol. The smallest absolute Gasteiger partial charge is 0.468 e. The molecule has 0 aliphatic carbocycles. The summed E-state index contributed by atoms with van der Waals surface area (Å²) >= 11 is 0. The standard InChI is InChI=1S/C27H42O9SSi/c1-9-23(16-17-25(26(28)32-8)37(30,31)24-14-12-11-13-15-24)36-38(20(3)4,21(5)6)35-19-22(7)18-34-27(29)33-10-2/h9,11-15,20-21,23,25H,1,7,10,16-19H2,2-6,8H3. The summed E-state index contributed by atoms with van der Waals surface area (Å²) < 4.78 is 54.0. The highest BCUT2D eigenvalue weighted by molar-refractivity contribution is 7.92. The van der Waals surface area contributed by atoms with Crippen molar-refractivity contribution in [3.63, 3.8) is 0 Å². The van der Waals surface area contributed by atoms with Gasteiger partial charge in [-0.1, -0.05) is 58.5 Å². The van der Waals surface area contributed by atoms with Crippen LogP contribution in [0.25, 0.3) is 0 Å². The number of rotatable bonds is 17. The van der Waals surface area contributed by atoms with Crippen molar-refractivity contribution < 1.29 is 41.1 Å². The second kappa shape index (κ2) is 15.8. The number of carbonyl (C=O) groups excluding carboxylic acids is 2. The fourth-order valence-electron chi connectivity index (χ4n) is 3.97. The SMILES string of the molecule is C=CC(CCC(C(=O)OC)S(=O)(=O)c1ccccc1)O[Si](OCC(=C)COC(=O)OCC)(C(C)C)C(C)C. The maximum absolute atomic E-state index is 13.2. The molecule has 0 N–H and O–H groups in total. The van der Waals surface area contributed by atoms with Gasteiger partial charge in [0.1, 0.15) is 6.61 Å². The van der Waals surface area contributed by atoms with E-state index in [2.05, 4.69) is 13.2 Å². The molecule has 11 heteroatoms. The number of ether oxygens (including phenoxy) is 3. The van der Waals surface area contributed by atoms with Crippen molar-refractivity contribution in [2.24, 2.45) is 0 Å². The van der Waals surface area contributed by atoms with Crippen molar-refractivity contribution in [3.8, 4) is 0 Å². The summed E-state index contributed by atoms with van der Waals surface area (Å²) in [6.45, 7) is 17.8. The quantitative estimate of drug-likeness (QED) is 0.139. The number of benzene rings is 1. The number of carbonyl (C=O) groups is 2. The Morgan fingerprint density at radius 2 is 1.61 bits per heavy atom. The number of hydrogen-bond donors (Lipinski definition) is 0. The Balaban J connectivity index is 3.05. The average Bonchev–Trinajstić information content (AvgIpc) is 2.88. The molecule has 0 saturated carbocycles. The summed E-state index contributed by atoms with van der Waals surface area (Å²) in [6.07, 6.45) is 0.422. The molecule has 1 rings (SSSR count). The monoisotopic (exact) mass is 570 g/mol. The summed E-state index contributed by atoms with van der Waals surface area (Å²) in [6, 6.07) is 7.81. The van der Waals surface area contributed by atoms with Crippen LogP contribution in [0.5, 0.6) is 0 Å². The summed E-state index contributed by atoms with van der Waals surface area (Å²) in [5.74, 6) is -0.831. The molecule has 2 atom stereocenters. The van der Waals surface area contributed by atoms with E-state index in [0.717, 1.165) is 0 Å². The van der Waals surface area contributed by atoms with Gasteiger partial charge in [0.25, 0.3) is 0 Å². The zero-order chi connectivity index (χ0) is 28.9. The van der Waals surface area contributed by atoms with Crippen LogP contribution in [-0.2, 0) is 37.7 Å². The Labute approximate surface area is 228 Å². The highest BCUT2D eigenvalue weighted by atomic mass is 32.2. The van der Waals surface area contributed by atoms with Crippen LogP contribution in [0.4, 0.5) is 4.79 Å². The van der Waals surface area contributed by atoms with Gasteiger partial charge < -0.3 is 23.1 Å². The van der Waals surface area contributed by atoms with Gasteiger partial charge in [0.2, 0.25) is 0 Å². The second-order valence-electron chi connectivity index (χ2n) is 9.38. The molecular formula is C27H42O9SSi. The minimum Gasteiger partial charge on any atom is -0.468 e. The van der Waals surface area contributed by atoms with Gasteiger partial charge in [-0.2, -0.15) is 0 Å². The van der Waals surface area contributed by atoms with E-state index < -0.39 is 41.9 Å². The van der Waals surface area contributed by atoms with E-state index in [4.69, 9.17) is 23.1 Å². The van der Waals surface area contributed by atoms with E-state index >= 15 is 0 Å². The van der Waals surface area contributed by atoms with E-state index in [9.17, 15) is 18.0 Å². The predicted octanol–water partition coefficient (Wildman–Crippen LogP) is 5.36. The topological polar surface area (TPSA) is 114 Å². The minimum atomic E-state index is -3.98. The van der Waals surface area contributed by atoms with Gasteiger partial charge in [0.15, 0.2) is 15.1 Å². The summed E-state index contributed by atoms with van der Waals surface area (Å²) in [4.78, 5) is 24.0. The molecule has 0 bridgehead atoms.